The molecule has 1 nitrogen and oxygen atoms in total. The van der Waals surface area contributed by atoms with E-state index in [1.54, 1.807) is 11.3 Å². The molecule has 0 atom stereocenters. The molecule has 2 N–H and O–H groups in total. The van der Waals surface area contributed by atoms with Crippen molar-refractivity contribution in [1.29, 1.82) is 0 Å². The topological polar surface area (TPSA) is 26.0 Å². The molecule has 0 radical (unpaired) electrons. The molecule has 3 aromatic rings. The first-order chi connectivity index (χ1) is 7.68. The second-order valence-corrected chi connectivity index (χ2v) is 6.55. The monoisotopic (exact) mass is 403 g/mol. The second kappa shape index (κ2) is 3.85. The number of fused-ring (bicyclic) bond motifs is 3. The number of rotatable bonds is 0. The molecule has 0 aliphatic heterocycles. The Hall–Kier alpha value is -0.330. The minimum Gasteiger partial charge on any atom is -0.398 e. The van der Waals surface area contributed by atoms with Crippen LogP contribution in [0.1, 0.15) is 0 Å². The van der Waals surface area contributed by atoms with Crippen LogP contribution in [0.3, 0.4) is 0 Å². The summed E-state index contributed by atoms with van der Waals surface area (Å²) < 4.78 is 4.81. The van der Waals surface area contributed by atoms with Crippen LogP contribution in [0.4, 0.5) is 5.69 Å². The Morgan fingerprint density at radius 1 is 1.25 bits per heavy atom. The van der Waals surface area contributed by atoms with Gasteiger partial charge in [0.25, 0.3) is 0 Å². The Bertz CT molecular complexity index is 705. The molecule has 0 spiro atoms. The Morgan fingerprint density at radius 2 is 2.00 bits per heavy atom. The van der Waals surface area contributed by atoms with Crippen LogP contribution in [0.15, 0.2) is 34.8 Å². The quantitative estimate of drug-likeness (QED) is 0.414. The molecule has 16 heavy (non-hydrogen) atoms. The van der Waals surface area contributed by atoms with Crippen LogP contribution in [-0.2, 0) is 0 Å². The van der Waals surface area contributed by atoms with E-state index >= 15 is 0 Å². The van der Waals surface area contributed by atoms with E-state index in [-0.39, 0.29) is 0 Å². The highest BCUT2D eigenvalue weighted by Gasteiger charge is 2.12. The van der Waals surface area contributed by atoms with Crippen LogP contribution < -0.4 is 5.73 Å². The summed E-state index contributed by atoms with van der Waals surface area (Å²) in [5, 5.41) is 2.58. The summed E-state index contributed by atoms with van der Waals surface area (Å²) >= 11 is 7.72. The van der Waals surface area contributed by atoms with Gasteiger partial charge in [0.05, 0.1) is 8.27 Å². The fourth-order valence-electron chi connectivity index (χ4n) is 1.84. The van der Waals surface area contributed by atoms with Gasteiger partial charge in [-0.1, -0.05) is 34.1 Å². The van der Waals surface area contributed by atoms with Gasteiger partial charge in [0.2, 0.25) is 0 Å². The summed E-state index contributed by atoms with van der Waals surface area (Å²) in [7, 11) is 0. The maximum Gasteiger partial charge on any atom is 0.0539 e. The number of nitrogen functional groups attached to an aromatic ring is 1. The summed E-state index contributed by atoms with van der Waals surface area (Å²) in [5.41, 5.74) is 6.82. The Morgan fingerprint density at radius 3 is 2.81 bits per heavy atom. The number of hydrogen-bond donors (Lipinski definition) is 1. The zero-order valence-corrected chi connectivity index (χ0v) is 12.7. The van der Waals surface area contributed by atoms with Gasteiger partial charge >= 0.3 is 0 Å². The van der Waals surface area contributed by atoms with Crippen molar-refractivity contribution < 1.29 is 0 Å². The van der Waals surface area contributed by atoms with E-state index in [0.717, 1.165) is 13.7 Å². The normalized spacial score (nSPS) is 11.4. The SMILES string of the molecule is Nc1cc(Br)c2c(sc3ccccc32)c1I. The maximum absolute atomic E-state index is 5.98. The average molecular weight is 404 g/mol. The van der Waals surface area contributed by atoms with E-state index in [4.69, 9.17) is 5.73 Å². The van der Waals surface area contributed by atoms with Crippen LogP contribution in [-0.4, -0.2) is 0 Å². The Labute approximate surface area is 119 Å². The van der Waals surface area contributed by atoms with E-state index in [2.05, 4.69) is 62.8 Å². The summed E-state index contributed by atoms with van der Waals surface area (Å²) in [6.07, 6.45) is 0. The molecule has 80 valence electrons. The van der Waals surface area contributed by atoms with Crippen LogP contribution in [0.25, 0.3) is 20.2 Å². The van der Waals surface area contributed by atoms with Crippen molar-refractivity contribution in [1.82, 2.24) is 0 Å². The largest absolute Gasteiger partial charge is 0.398 e. The van der Waals surface area contributed by atoms with Gasteiger partial charge in [-0.2, -0.15) is 0 Å². The average Bonchev–Trinajstić information content (AvgIpc) is 2.65. The van der Waals surface area contributed by atoms with Crippen molar-refractivity contribution in [2.75, 3.05) is 5.73 Å². The van der Waals surface area contributed by atoms with Gasteiger partial charge < -0.3 is 5.73 Å². The van der Waals surface area contributed by atoms with E-state index in [9.17, 15) is 0 Å². The van der Waals surface area contributed by atoms with Crippen molar-refractivity contribution in [3.8, 4) is 0 Å². The van der Waals surface area contributed by atoms with Crippen LogP contribution in [0, 0.1) is 3.57 Å². The summed E-state index contributed by atoms with van der Waals surface area (Å²) in [6.45, 7) is 0. The van der Waals surface area contributed by atoms with Gasteiger partial charge in [-0.3, -0.25) is 0 Å². The molecular formula is C12H7BrINS. The molecule has 0 bridgehead atoms. The van der Waals surface area contributed by atoms with Crippen molar-refractivity contribution in [3.05, 3.63) is 38.4 Å². The van der Waals surface area contributed by atoms with Crippen LogP contribution >= 0.6 is 49.9 Å². The summed E-state index contributed by atoms with van der Waals surface area (Å²) in [4.78, 5) is 0. The third-order valence-corrected chi connectivity index (χ3v) is 5.91. The lowest BCUT2D eigenvalue weighted by Gasteiger charge is -2.02. The lowest BCUT2D eigenvalue weighted by Crippen LogP contribution is -1.88. The Kier molecular flexibility index (Phi) is 2.60. The van der Waals surface area contributed by atoms with Crippen LogP contribution in [0.5, 0.6) is 0 Å². The number of hydrogen-bond acceptors (Lipinski definition) is 2. The highest BCUT2D eigenvalue weighted by Crippen LogP contribution is 2.42. The molecule has 2 aromatic carbocycles. The lowest BCUT2D eigenvalue weighted by molar-refractivity contribution is 1.70. The number of benzene rings is 2. The van der Waals surface area contributed by atoms with Gasteiger partial charge in [-0.25, -0.2) is 0 Å². The molecule has 0 fully saturated rings. The fraction of sp³-hybridized carbons (Fsp3) is 0. The molecule has 0 aliphatic carbocycles. The molecule has 3 rings (SSSR count). The number of thiophene rings is 1. The summed E-state index contributed by atoms with van der Waals surface area (Å²) in [5.74, 6) is 0. The molecule has 0 saturated heterocycles. The highest BCUT2D eigenvalue weighted by molar-refractivity contribution is 14.1. The molecule has 0 aliphatic rings. The van der Waals surface area contributed by atoms with Crippen molar-refractivity contribution >= 4 is 75.7 Å². The highest BCUT2D eigenvalue weighted by atomic mass is 127. The molecule has 0 unspecified atom stereocenters. The van der Waals surface area contributed by atoms with Crippen molar-refractivity contribution in [2.24, 2.45) is 0 Å². The van der Waals surface area contributed by atoms with Gasteiger partial charge in [0, 0.05) is 25.6 Å². The molecule has 0 saturated carbocycles. The smallest absolute Gasteiger partial charge is 0.0539 e. The van der Waals surface area contributed by atoms with Gasteiger partial charge in [-0.15, -0.1) is 11.3 Å². The minimum atomic E-state index is 0.839. The van der Waals surface area contributed by atoms with Crippen molar-refractivity contribution in [3.63, 3.8) is 0 Å². The van der Waals surface area contributed by atoms with E-state index in [1.165, 1.54) is 20.2 Å². The maximum atomic E-state index is 5.98. The third kappa shape index (κ3) is 1.47. The first-order valence-corrected chi connectivity index (χ1v) is 7.42. The fourth-order valence-corrected chi connectivity index (χ4v) is 4.56. The lowest BCUT2D eigenvalue weighted by atomic mass is 10.1. The predicted molar refractivity (Wildman–Crippen MR) is 84.2 cm³/mol. The van der Waals surface area contributed by atoms with Crippen molar-refractivity contribution in [2.45, 2.75) is 0 Å². The first kappa shape index (κ1) is 10.8. The Balaban J connectivity index is 2.64. The molecule has 1 aromatic heterocycles. The molecule has 4 heteroatoms. The zero-order chi connectivity index (χ0) is 11.3. The van der Waals surface area contributed by atoms with Crippen LogP contribution in [0.2, 0.25) is 0 Å². The number of nitrogens with two attached hydrogens (primary N) is 1. The van der Waals surface area contributed by atoms with E-state index < -0.39 is 0 Å². The molecule has 1 heterocycles. The molecule has 0 amide bonds. The summed E-state index contributed by atoms with van der Waals surface area (Å²) in [6, 6.07) is 10.4. The minimum absolute atomic E-state index is 0.839. The number of anilines is 1. The predicted octanol–water partition coefficient (Wildman–Crippen LogP) is 5.00. The first-order valence-electron chi connectivity index (χ1n) is 4.73. The van der Waals surface area contributed by atoms with Gasteiger partial charge in [0.15, 0.2) is 0 Å². The van der Waals surface area contributed by atoms with Gasteiger partial charge in [0.1, 0.15) is 0 Å². The van der Waals surface area contributed by atoms with Gasteiger partial charge in [-0.05, 0) is 34.7 Å². The van der Waals surface area contributed by atoms with E-state index in [0.29, 0.717) is 0 Å². The zero-order valence-electron chi connectivity index (χ0n) is 8.13. The van der Waals surface area contributed by atoms with E-state index in [1.807, 2.05) is 6.07 Å². The second-order valence-electron chi connectivity index (χ2n) is 3.56. The molecular weight excluding hydrogens is 397 g/mol. The standard InChI is InChI=1S/C12H7BrINS/c13-7-5-8(15)11(14)12-10(7)6-3-1-2-4-9(6)16-12/h1-5H,15H2. The third-order valence-electron chi connectivity index (χ3n) is 2.57. The number of halogens is 2.